The number of hydrogen-bond acceptors (Lipinski definition) is 5. The van der Waals surface area contributed by atoms with Crippen molar-refractivity contribution in [3.8, 4) is 11.3 Å². The lowest BCUT2D eigenvalue weighted by Crippen LogP contribution is -2.47. The minimum absolute atomic E-state index is 0.339. The first kappa shape index (κ1) is 24.3. The number of hydrogen-bond donors (Lipinski definition) is 1. The molecule has 2 aliphatic rings. The summed E-state index contributed by atoms with van der Waals surface area (Å²) in [5.74, 6) is 0.536. The lowest BCUT2D eigenvalue weighted by atomic mass is 10.0. The van der Waals surface area contributed by atoms with Gasteiger partial charge in [0.05, 0.1) is 21.1 Å². The van der Waals surface area contributed by atoms with Crippen LogP contribution in [-0.4, -0.2) is 58.4 Å². The van der Waals surface area contributed by atoms with Crippen molar-refractivity contribution < 1.29 is 14.4 Å². The second-order valence-electron chi connectivity index (χ2n) is 9.98. The molecule has 9 heteroatoms. The van der Waals surface area contributed by atoms with E-state index in [9.17, 15) is 9.90 Å². The molecule has 0 radical (unpaired) electrons. The average Bonchev–Trinajstić information content (AvgIpc) is 3.57. The minimum atomic E-state index is -0.899. The van der Waals surface area contributed by atoms with Gasteiger partial charge < -0.3 is 19.1 Å². The van der Waals surface area contributed by atoms with Gasteiger partial charge in [0.2, 0.25) is 0 Å². The molecular formula is C28H28Cl2N4O3. The number of halogens is 2. The molecule has 1 aliphatic carbocycles. The van der Waals surface area contributed by atoms with E-state index in [-0.39, 0.29) is 0 Å². The van der Waals surface area contributed by atoms with Gasteiger partial charge in [-0.25, -0.2) is 4.79 Å². The number of carboxylic acid groups (broad SMARTS) is 1. The zero-order valence-electron chi connectivity index (χ0n) is 20.6. The van der Waals surface area contributed by atoms with Crippen molar-refractivity contribution in [2.45, 2.75) is 25.2 Å². The highest BCUT2D eigenvalue weighted by molar-refractivity contribution is 6.39. The van der Waals surface area contributed by atoms with Gasteiger partial charge in [-0.3, -0.25) is 4.90 Å². The second-order valence-corrected chi connectivity index (χ2v) is 10.8. The van der Waals surface area contributed by atoms with Crippen LogP contribution in [0.1, 0.15) is 40.4 Å². The zero-order chi connectivity index (χ0) is 25.7. The molecule has 37 heavy (non-hydrogen) atoms. The van der Waals surface area contributed by atoms with Gasteiger partial charge >= 0.3 is 5.97 Å². The fraction of sp³-hybridized carbons (Fsp3) is 0.357. The van der Waals surface area contributed by atoms with Gasteiger partial charge in [0.25, 0.3) is 0 Å². The molecule has 1 N–H and O–H groups in total. The maximum Gasteiger partial charge on any atom is 0.337 e. The third kappa shape index (κ3) is 4.60. The van der Waals surface area contributed by atoms with Crippen molar-refractivity contribution in [3.05, 3.63) is 69.5 Å². The lowest BCUT2D eigenvalue weighted by molar-refractivity contribution is 0.0699. The molecule has 1 aliphatic heterocycles. The highest BCUT2D eigenvalue weighted by Gasteiger charge is 2.33. The van der Waals surface area contributed by atoms with E-state index in [0.29, 0.717) is 21.5 Å². The summed E-state index contributed by atoms with van der Waals surface area (Å²) in [6.07, 6.45) is 4.78. The molecule has 0 bridgehead atoms. The molecule has 1 saturated heterocycles. The van der Waals surface area contributed by atoms with Crippen molar-refractivity contribution in [1.29, 1.82) is 0 Å². The fourth-order valence-corrected chi connectivity index (χ4v) is 5.97. The number of carboxylic acids is 1. The summed E-state index contributed by atoms with van der Waals surface area (Å²) in [4.78, 5) is 16.4. The number of aromatic nitrogens is 2. The van der Waals surface area contributed by atoms with Crippen molar-refractivity contribution in [2.24, 2.45) is 7.05 Å². The van der Waals surface area contributed by atoms with E-state index in [1.807, 2.05) is 41.9 Å². The molecule has 0 atom stereocenters. The number of piperazine rings is 1. The third-order valence-corrected chi connectivity index (χ3v) is 8.22. The molecule has 0 unspecified atom stereocenters. The van der Waals surface area contributed by atoms with Crippen LogP contribution in [0.3, 0.4) is 0 Å². The normalized spacial score (nSPS) is 16.6. The molecule has 2 aromatic carbocycles. The minimum Gasteiger partial charge on any atom is -0.478 e. The molecule has 3 heterocycles. The Morgan fingerprint density at radius 1 is 1.11 bits per heavy atom. The number of rotatable bonds is 7. The van der Waals surface area contributed by atoms with E-state index in [4.69, 9.17) is 27.7 Å². The van der Waals surface area contributed by atoms with Crippen LogP contribution in [0.2, 0.25) is 10.0 Å². The summed E-state index contributed by atoms with van der Waals surface area (Å²) < 4.78 is 7.71. The quantitative estimate of drug-likeness (QED) is 0.307. The number of carbonyl (C=O) groups is 1. The number of benzene rings is 2. The van der Waals surface area contributed by atoms with Crippen LogP contribution >= 0.6 is 23.2 Å². The Morgan fingerprint density at radius 2 is 1.84 bits per heavy atom. The van der Waals surface area contributed by atoms with Gasteiger partial charge in [0, 0.05) is 74.1 Å². The Labute approximate surface area is 225 Å². The second kappa shape index (κ2) is 9.71. The van der Waals surface area contributed by atoms with Gasteiger partial charge in [-0.1, -0.05) is 34.4 Å². The van der Waals surface area contributed by atoms with Crippen molar-refractivity contribution in [2.75, 3.05) is 37.6 Å². The standard InChI is InChI=1S/C28H28Cl2N4O3/c1-32-16-21(28(35)36)19-8-7-18(15-24(19)32)34-13-11-33(12-14-34)10-9-20-26(31-37-27(20)17-5-6-17)25-22(29)3-2-4-23(25)30/h2-4,7-8,15-17H,5-6,9-14H2,1H3,(H,35,36). The van der Waals surface area contributed by atoms with Crippen molar-refractivity contribution in [1.82, 2.24) is 14.6 Å². The molecule has 4 aromatic rings. The van der Waals surface area contributed by atoms with Crippen LogP contribution < -0.4 is 4.90 Å². The van der Waals surface area contributed by atoms with Gasteiger partial charge in [-0.15, -0.1) is 0 Å². The Morgan fingerprint density at radius 3 is 2.51 bits per heavy atom. The van der Waals surface area contributed by atoms with Crippen LogP contribution in [0.4, 0.5) is 5.69 Å². The summed E-state index contributed by atoms with van der Waals surface area (Å²) >= 11 is 13.0. The van der Waals surface area contributed by atoms with Crippen LogP contribution in [0, 0.1) is 0 Å². The highest BCUT2D eigenvalue weighted by atomic mass is 35.5. The van der Waals surface area contributed by atoms with Gasteiger partial charge in [-0.05, 0) is 49.6 Å². The van der Waals surface area contributed by atoms with Crippen LogP contribution in [0.25, 0.3) is 22.2 Å². The molecule has 0 amide bonds. The summed E-state index contributed by atoms with van der Waals surface area (Å²) in [6.45, 7) is 4.60. The van der Waals surface area contributed by atoms with Gasteiger partial charge in [0.1, 0.15) is 11.5 Å². The largest absolute Gasteiger partial charge is 0.478 e. The van der Waals surface area contributed by atoms with Crippen LogP contribution in [0.15, 0.2) is 47.1 Å². The summed E-state index contributed by atoms with van der Waals surface area (Å²) in [7, 11) is 1.89. The molecule has 0 spiro atoms. The number of fused-ring (bicyclic) bond motifs is 1. The summed E-state index contributed by atoms with van der Waals surface area (Å²) in [5, 5.41) is 15.8. The molecule has 2 fully saturated rings. The highest BCUT2D eigenvalue weighted by Crippen LogP contribution is 2.46. The maximum absolute atomic E-state index is 11.5. The van der Waals surface area contributed by atoms with E-state index in [1.165, 1.54) is 0 Å². The first-order chi connectivity index (χ1) is 17.9. The predicted molar refractivity (Wildman–Crippen MR) is 146 cm³/mol. The van der Waals surface area contributed by atoms with Gasteiger partial charge in [-0.2, -0.15) is 0 Å². The lowest BCUT2D eigenvalue weighted by Gasteiger charge is -2.36. The van der Waals surface area contributed by atoms with Crippen LogP contribution in [-0.2, 0) is 13.5 Å². The number of nitrogens with zero attached hydrogens (tertiary/aromatic N) is 4. The van der Waals surface area contributed by atoms with Gasteiger partial charge in [0.15, 0.2) is 0 Å². The first-order valence-electron chi connectivity index (χ1n) is 12.6. The third-order valence-electron chi connectivity index (χ3n) is 7.59. The topological polar surface area (TPSA) is 74.7 Å². The SMILES string of the molecule is Cn1cc(C(=O)O)c2ccc(N3CCN(CCc4c(-c5c(Cl)cccc5Cl)noc4C4CC4)CC3)cc21. The molecular weight excluding hydrogens is 511 g/mol. The Bertz CT molecular complexity index is 1460. The monoisotopic (exact) mass is 538 g/mol. The van der Waals surface area contributed by atoms with E-state index in [1.54, 1.807) is 6.20 Å². The van der Waals surface area contributed by atoms with Crippen LogP contribution in [0.5, 0.6) is 0 Å². The van der Waals surface area contributed by atoms with E-state index >= 15 is 0 Å². The smallest absolute Gasteiger partial charge is 0.337 e. The van der Waals surface area contributed by atoms with E-state index in [2.05, 4.69) is 21.0 Å². The first-order valence-corrected chi connectivity index (χ1v) is 13.4. The Balaban J connectivity index is 1.15. The number of anilines is 1. The molecule has 192 valence electrons. The molecule has 7 nitrogen and oxygen atoms in total. The predicted octanol–water partition coefficient (Wildman–Crippen LogP) is 6.08. The van der Waals surface area contributed by atoms with Crippen molar-refractivity contribution in [3.63, 3.8) is 0 Å². The zero-order valence-corrected chi connectivity index (χ0v) is 22.1. The Hall–Kier alpha value is -3.00. The molecule has 2 aromatic heterocycles. The number of aryl methyl sites for hydroxylation is 1. The van der Waals surface area contributed by atoms with Crippen molar-refractivity contribution >= 4 is 45.8 Å². The van der Waals surface area contributed by atoms with E-state index in [0.717, 1.165) is 91.2 Å². The fourth-order valence-electron chi connectivity index (χ4n) is 5.39. The average molecular weight is 539 g/mol. The number of aromatic carboxylic acids is 1. The summed E-state index contributed by atoms with van der Waals surface area (Å²) in [6, 6.07) is 11.6. The van der Waals surface area contributed by atoms with E-state index < -0.39 is 5.97 Å². The molecule has 1 saturated carbocycles. The maximum atomic E-state index is 11.5. The summed E-state index contributed by atoms with van der Waals surface area (Å²) in [5.41, 5.74) is 5.05. The molecule has 6 rings (SSSR count). The Kier molecular flexibility index (Phi) is 6.39.